The van der Waals surface area contributed by atoms with Crippen molar-refractivity contribution in [2.45, 2.75) is 26.9 Å². The summed E-state index contributed by atoms with van der Waals surface area (Å²) in [6.07, 6.45) is 3.65. The second-order valence-electron chi connectivity index (χ2n) is 6.41. The smallest absolute Gasteiger partial charge is 0.254 e. The third kappa shape index (κ3) is 4.71. The molecule has 3 rings (SSSR count). The van der Waals surface area contributed by atoms with Crippen molar-refractivity contribution in [3.05, 3.63) is 87.4 Å². The van der Waals surface area contributed by atoms with Gasteiger partial charge in [0.2, 0.25) is 0 Å². The van der Waals surface area contributed by atoms with E-state index >= 15 is 0 Å². The van der Waals surface area contributed by atoms with Crippen molar-refractivity contribution < 1.29 is 4.79 Å². The lowest BCUT2D eigenvalue weighted by molar-refractivity contribution is 0.0747. The molecule has 1 heterocycles. The van der Waals surface area contributed by atoms with Crippen LogP contribution in [0.1, 0.15) is 34.2 Å². The van der Waals surface area contributed by atoms with Crippen LogP contribution in [0.2, 0.25) is 10.0 Å². The Labute approximate surface area is 169 Å². The molecule has 0 aliphatic rings. The van der Waals surface area contributed by atoms with Crippen molar-refractivity contribution >= 4 is 29.1 Å². The molecular formula is C21H21Cl2N3O. The van der Waals surface area contributed by atoms with Gasteiger partial charge in [-0.1, -0.05) is 47.0 Å². The van der Waals surface area contributed by atoms with Gasteiger partial charge in [0.1, 0.15) is 5.82 Å². The van der Waals surface area contributed by atoms with Gasteiger partial charge < -0.3 is 9.47 Å². The maximum Gasteiger partial charge on any atom is 0.254 e. The average molecular weight is 402 g/mol. The Morgan fingerprint density at radius 1 is 1.11 bits per heavy atom. The Kier molecular flexibility index (Phi) is 6.19. The fourth-order valence-electron chi connectivity index (χ4n) is 2.85. The minimum Gasteiger partial charge on any atom is -0.331 e. The van der Waals surface area contributed by atoms with Gasteiger partial charge in [-0.15, -0.1) is 0 Å². The van der Waals surface area contributed by atoms with Crippen LogP contribution in [0.4, 0.5) is 0 Å². The van der Waals surface area contributed by atoms with Crippen LogP contribution in [0.15, 0.2) is 54.9 Å². The first-order valence-electron chi connectivity index (χ1n) is 8.77. The number of benzene rings is 2. The minimum atomic E-state index is 0.00147. The van der Waals surface area contributed by atoms with E-state index in [1.165, 1.54) is 0 Å². The van der Waals surface area contributed by atoms with Crippen LogP contribution in [0.25, 0.3) is 0 Å². The van der Waals surface area contributed by atoms with E-state index in [1.54, 1.807) is 17.2 Å². The predicted octanol–water partition coefficient (Wildman–Crippen LogP) is 5.21. The number of hydrogen-bond donors (Lipinski definition) is 0. The van der Waals surface area contributed by atoms with E-state index in [4.69, 9.17) is 23.2 Å². The minimum absolute atomic E-state index is 0.00147. The molecule has 0 bridgehead atoms. The molecule has 0 aliphatic carbocycles. The van der Waals surface area contributed by atoms with E-state index in [-0.39, 0.29) is 5.91 Å². The normalized spacial score (nSPS) is 10.8. The fourth-order valence-corrected chi connectivity index (χ4v) is 3.17. The maximum absolute atomic E-state index is 12.8. The molecule has 0 fully saturated rings. The molecule has 6 heteroatoms. The van der Waals surface area contributed by atoms with Crippen molar-refractivity contribution in [1.82, 2.24) is 14.5 Å². The molecule has 2 aromatic carbocycles. The first kappa shape index (κ1) is 19.5. The Balaban J connectivity index is 1.76. The lowest BCUT2D eigenvalue weighted by atomic mass is 10.1. The Hall–Kier alpha value is -2.30. The van der Waals surface area contributed by atoms with Gasteiger partial charge in [0.25, 0.3) is 5.91 Å². The monoisotopic (exact) mass is 401 g/mol. The number of nitrogens with zero attached hydrogens (tertiary/aromatic N) is 3. The van der Waals surface area contributed by atoms with Gasteiger partial charge in [-0.2, -0.15) is 0 Å². The summed E-state index contributed by atoms with van der Waals surface area (Å²) in [4.78, 5) is 19.1. The third-order valence-corrected chi connectivity index (χ3v) is 5.18. The molecule has 0 saturated heterocycles. The van der Waals surface area contributed by atoms with Crippen molar-refractivity contribution in [3.63, 3.8) is 0 Å². The van der Waals surface area contributed by atoms with Crippen LogP contribution in [0.3, 0.4) is 0 Å². The van der Waals surface area contributed by atoms with Crippen LogP contribution in [-0.2, 0) is 13.1 Å². The molecule has 140 valence electrons. The Morgan fingerprint density at radius 3 is 2.52 bits per heavy atom. The molecule has 27 heavy (non-hydrogen) atoms. The lowest BCUT2D eigenvalue weighted by Crippen LogP contribution is -2.31. The van der Waals surface area contributed by atoms with E-state index in [0.29, 0.717) is 35.2 Å². The molecule has 1 amide bonds. The molecule has 0 N–H and O–H groups in total. The number of aryl methyl sites for hydroxylation is 1. The number of halogens is 2. The molecule has 1 aromatic heterocycles. The Morgan fingerprint density at radius 2 is 1.85 bits per heavy atom. The molecular weight excluding hydrogens is 381 g/mol. The summed E-state index contributed by atoms with van der Waals surface area (Å²) in [5.41, 5.74) is 2.84. The third-order valence-electron chi connectivity index (χ3n) is 4.44. The molecule has 0 atom stereocenters. The number of carbonyl (C=O) groups is 1. The van der Waals surface area contributed by atoms with E-state index in [9.17, 15) is 4.79 Å². The van der Waals surface area contributed by atoms with Gasteiger partial charge in [-0.25, -0.2) is 4.98 Å². The van der Waals surface area contributed by atoms with Crippen LogP contribution in [0.5, 0.6) is 0 Å². The van der Waals surface area contributed by atoms with Gasteiger partial charge >= 0.3 is 0 Å². The van der Waals surface area contributed by atoms with E-state index < -0.39 is 0 Å². The number of hydrogen-bond acceptors (Lipinski definition) is 2. The van der Waals surface area contributed by atoms with Crippen molar-refractivity contribution in [2.24, 2.45) is 0 Å². The van der Waals surface area contributed by atoms with Gasteiger partial charge in [0.15, 0.2) is 0 Å². The predicted molar refractivity (Wildman–Crippen MR) is 109 cm³/mol. The SMILES string of the molecule is CCN(Cc1nccn1Cc1ccc(Cl)c(Cl)c1)C(=O)c1ccc(C)cc1. The van der Waals surface area contributed by atoms with Crippen molar-refractivity contribution in [1.29, 1.82) is 0 Å². The number of aromatic nitrogens is 2. The van der Waals surface area contributed by atoms with Crippen LogP contribution in [0, 0.1) is 6.92 Å². The highest BCUT2D eigenvalue weighted by Crippen LogP contribution is 2.23. The highest BCUT2D eigenvalue weighted by Gasteiger charge is 2.17. The zero-order valence-corrected chi connectivity index (χ0v) is 16.8. The van der Waals surface area contributed by atoms with Gasteiger partial charge in [0, 0.05) is 31.0 Å². The summed E-state index contributed by atoms with van der Waals surface area (Å²) in [6.45, 7) is 5.64. The maximum atomic E-state index is 12.8. The molecule has 3 aromatic rings. The number of imidazole rings is 1. The van der Waals surface area contributed by atoms with Crippen LogP contribution < -0.4 is 0 Å². The van der Waals surface area contributed by atoms with Crippen molar-refractivity contribution in [2.75, 3.05) is 6.54 Å². The molecule has 4 nitrogen and oxygen atoms in total. The van der Waals surface area contributed by atoms with E-state index in [0.717, 1.165) is 17.0 Å². The van der Waals surface area contributed by atoms with E-state index in [2.05, 4.69) is 4.98 Å². The molecule has 0 radical (unpaired) electrons. The van der Waals surface area contributed by atoms with Gasteiger partial charge in [0.05, 0.1) is 16.6 Å². The Bertz CT molecular complexity index is 935. The largest absolute Gasteiger partial charge is 0.331 e. The molecule has 0 aliphatic heterocycles. The summed E-state index contributed by atoms with van der Waals surface area (Å²) in [5, 5.41) is 1.06. The highest BCUT2D eigenvalue weighted by atomic mass is 35.5. The standard InChI is InChI=1S/C21H21Cl2N3O/c1-3-25(21(27)17-7-4-15(2)5-8-17)14-20-24-10-11-26(20)13-16-6-9-18(22)19(23)12-16/h4-12H,3,13-14H2,1-2H3. The summed E-state index contributed by atoms with van der Waals surface area (Å²) in [7, 11) is 0. The average Bonchev–Trinajstić information content (AvgIpc) is 3.09. The van der Waals surface area contributed by atoms with Crippen LogP contribution >= 0.6 is 23.2 Å². The molecule has 0 spiro atoms. The first-order chi connectivity index (χ1) is 13.0. The fraction of sp³-hybridized carbons (Fsp3) is 0.238. The number of amides is 1. The molecule has 0 unspecified atom stereocenters. The quantitative estimate of drug-likeness (QED) is 0.568. The summed E-state index contributed by atoms with van der Waals surface area (Å²) in [5.74, 6) is 0.824. The lowest BCUT2D eigenvalue weighted by Gasteiger charge is -2.21. The second kappa shape index (κ2) is 8.59. The number of rotatable bonds is 6. The summed E-state index contributed by atoms with van der Waals surface area (Å²) in [6, 6.07) is 13.2. The topological polar surface area (TPSA) is 38.1 Å². The zero-order valence-electron chi connectivity index (χ0n) is 15.3. The zero-order chi connectivity index (χ0) is 19.4. The van der Waals surface area contributed by atoms with Crippen LogP contribution in [-0.4, -0.2) is 26.9 Å². The second-order valence-corrected chi connectivity index (χ2v) is 7.22. The summed E-state index contributed by atoms with van der Waals surface area (Å²) >= 11 is 12.1. The number of carbonyl (C=O) groups excluding carboxylic acids is 1. The van der Waals surface area contributed by atoms with E-state index in [1.807, 2.05) is 61.0 Å². The van der Waals surface area contributed by atoms with Gasteiger partial charge in [-0.3, -0.25) is 4.79 Å². The van der Waals surface area contributed by atoms with Gasteiger partial charge in [-0.05, 0) is 43.7 Å². The summed E-state index contributed by atoms with van der Waals surface area (Å²) < 4.78 is 2.02. The molecule has 0 saturated carbocycles. The highest BCUT2D eigenvalue weighted by molar-refractivity contribution is 6.42. The first-order valence-corrected chi connectivity index (χ1v) is 9.53. The van der Waals surface area contributed by atoms with Crippen molar-refractivity contribution in [3.8, 4) is 0 Å².